The number of methoxy groups -OCH3 is 1. The molecule has 0 atom stereocenters. The number of carbonyl (C=O) groups excluding carboxylic acids is 1. The van der Waals surface area contributed by atoms with Crippen LogP contribution in [0.3, 0.4) is 0 Å². The number of likely N-dealkylation sites (N-methyl/N-ethyl adjacent to an activating group) is 1. The number of anilines is 1. The van der Waals surface area contributed by atoms with Crippen LogP contribution >= 0.6 is 22.6 Å². The summed E-state index contributed by atoms with van der Waals surface area (Å²) in [5.41, 5.74) is 0.367. The van der Waals surface area contributed by atoms with Gasteiger partial charge in [-0.25, -0.2) is 9.59 Å². The molecule has 1 aromatic rings. The molecule has 0 aliphatic rings. The van der Waals surface area contributed by atoms with E-state index in [1.54, 1.807) is 24.1 Å². The number of halogens is 1. The molecule has 2 amide bonds. The predicted molar refractivity (Wildman–Crippen MR) is 84.3 cm³/mol. The van der Waals surface area contributed by atoms with Gasteiger partial charge in [-0.3, -0.25) is 0 Å². The van der Waals surface area contributed by atoms with Gasteiger partial charge in [0.2, 0.25) is 0 Å². The number of amides is 2. The number of hydrogen-bond acceptors (Lipinski definition) is 3. The number of ether oxygens (including phenoxy) is 1. The Kier molecular flexibility index (Phi) is 6.73. The third kappa shape index (κ3) is 4.64. The Balaban J connectivity index is 2.86. The zero-order chi connectivity index (χ0) is 15.1. The largest absolute Gasteiger partial charge is 0.478 e. The van der Waals surface area contributed by atoms with E-state index in [1.807, 2.05) is 29.5 Å². The second kappa shape index (κ2) is 8.05. The molecular weight excluding hydrogens is 375 g/mol. The number of benzene rings is 1. The fourth-order valence-corrected chi connectivity index (χ4v) is 2.09. The van der Waals surface area contributed by atoms with Crippen LogP contribution in [-0.2, 0) is 4.74 Å². The number of hydrogen-bond donors (Lipinski definition) is 2. The number of aromatic carboxylic acids is 1. The molecule has 2 N–H and O–H groups in total. The zero-order valence-corrected chi connectivity index (χ0v) is 13.5. The van der Waals surface area contributed by atoms with Gasteiger partial charge in [-0.2, -0.15) is 0 Å². The first kappa shape index (κ1) is 16.7. The highest BCUT2D eigenvalue weighted by Gasteiger charge is 2.16. The number of nitrogens with zero attached hydrogens (tertiary/aromatic N) is 1. The Hall–Kier alpha value is -1.35. The van der Waals surface area contributed by atoms with E-state index in [1.165, 1.54) is 6.07 Å². The summed E-state index contributed by atoms with van der Waals surface area (Å²) >= 11 is 2.03. The second-order valence-corrected chi connectivity index (χ2v) is 5.24. The molecule has 0 fully saturated rings. The second-order valence-electron chi connectivity index (χ2n) is 4.00. The number of urea groups is 1. The van der Waals surface area contributed by atoms with Crippen molar-refractivity contribution in [3.05, 3.63) is 27.3 Å². The Morgan fingerprint density at radius 1 is 1.45 bits per heavy atom. The maximum Gasteiger partial charge on any atom is 0.337 e. The van der Waals surface area contributed by atoms with Crippen molar-refractivity contribution < 1.29 is 19.4 Å². The first-order valence-corrected chi connectivity index (χ1v) is 7.15. The number of carbonyl (C=O) groups is 2. The van der Waals surface area contributed by atoms with Crippen LogP contribution in [0.4, 0.5) is 10.5 Å². The van der Waals surface area contributed by atoms with Gasteiger partial charge in [0.1, 0.15) is 0 Å². The molecule has 6 nitrogen and oxygen atoms in total. The van der Waals surface area contributed by atoms with E-state index in [0.717, 1.165) is 3.57 Å². The van der Waals surface area contributed by atoms with Crippen molar-refractivity contribution in [3.63, 3.8) is 0 Å². The summed E-state index contributed by atoms with van der Waals surface area (Å²) in [6.07, 6.45) is 0. The van der Waals surface area contributed by atoms with Crippen LogP contribution in [0.2, 0.25) is 0 Å². The SMILES string of the molecule is CCN(CCOC)C(=O)Nc1ccc(I)cc1C(=O)O. The van der Waals surface area contributed by atoms with Gasteiger partial charge in [-0.05, 0) is 47.7 Å². The maximum absolute atomic E-state index is 12.1. The van der Waals surface area contributed by atoms with E-state index in [2.05, 4.69) is 5.32 Å². The first-order chi connectivity index (χ1) is 9.49. The lowest BCUT2D eigenvalue weighted by molar-refractivity contribution is 0.0698. The van der Waals surface area contributed by atoms with Crippen molar-refractivity contribution in [1.29, 1.82) is 0 Å². The van der Waals surface area contributed by atoms with E-state index in [9.17, 15) is 9.59 Å². The van der Waals surface area contributed by atoms with Gasteiger partial charge in [0, 0.05) is 23.8 Å². The topological polar surface area (TPSA) is 78.9 Å². The van der Waals surface area contributed by atoms with E-state index < -0.39 is 5.97 Å². The summed E-state index contributed by atoms with van der Waals surface area (Å²) in [5.74, 6) is -1.07. The molecule has 1 rings (SSSR count). The monoisotopic (exact) mass is 392 g/mol. The van der Waals surface area contributed by atoms with Crippen LogP contribution in [0.5, 0.6) is 0 Å². The molecule has 0 aromatic heterocycles. The molecule has 0 unspecified atom stereocenters. The number of rotatable bonds is 6. The van der Waals surface area contributed by atoms with Crippen LogP contribution in [-0.4, -0.2) is 48.8 Å². The highest BCUT2D eigenvalue weighted by atomic mass is 127. The Morgan fingerprint density at radius 3 is 2.70 bits per heavy atom. The van der Waals surface area contributed by atoms with Gasteiger partial charge < -0.3 is 20.1 Å². The highest BCUT2D eigenvalue weighted by molar-refractivity contribution is 14.1. The highest BCUT2D eigenvalue weighted by Crippen LogP contribution is 2.19. The minimum absolute atomic E-state index is 0.0769. The summed E-state index contributed by atoms with van der Waals surface area (Å²) in [6, 6.07) is 4.51. The van der Waals surface area contributed by atoms with Crippen LogP contribution < -0.4 is 5.32 Å². The lowest BCUT2D eigenvalue weighted by Crippen LogP contribution is -2.37. The Labute approximate surface area is 131 Å². The molecule has 0 saturated heterocycles. The smallest absolute Gasteiger partial charge is 0.337 e. The van der Waals surface area contributed by atoms with Crippen molar-refractivity contribution in [3.8, 4) is 0 Å². The van der Waals surface area contributed by atoms with Crippen molar-refractivity contribution in [2.75, 3.05) is 32.1 Å². The van der Waals surface area contributed by atoms with E-state index in [-0.39, 0.29) is 11.6 Å². The van der Waals surface area contributed by atoms with Gasteiger partial charge in [0.05, 0.1) is 17.9 Å². The summed E-state index contributed by atoms with van der Waals surface area (Å²) in [4.78, 5) is 24.8. The molecule has 0 bridgehead atoms. The van der Waals surface area contributed by atoms with E-state index in [0.29, 0.717) is 25.4 Å². The van der Waals surface area contributed by atoms with Gasteiger partial charge >= 0.3 is 12.0 Å². The molecule has 7 heteroatoms. The van der Waals surface area contributed by atoms with Crippen LogP contribution in [0.15, 0.2) is 18.2 Å². The zero-order valence-electron chi connectivity index (χ0n) is 11.4. The molecule has 0 heterocycles. The molecule has 0 saturated carbocycles. The van der Waals surface area contributed by atoms with E-state index in [4.69, 9.17) is 9.84 Å². The van der Waals surface area contributed by atoms with Crippen molar-refractivity contribution in [1.82, 2.24) is 4.90 Å². The number of carboxylic acids is 1. The summed E-state index contributed by atoms with van der Waals surface area (Å²) in [5, 5.41) is 11.8. The molecule has 1 aromatic carbocycles. The predicted octanol–water partition coefficient (Wildman–Crippen LogP) is 2.49. The third-order valence-electron chi connectivity index (χ3n) is 2.69. The summed E-state index contributed by atoms with van der Waals surface area (Å²) in [7, 11) is 1.56. The lowest BCUT2D eigenvalue weighted by Gasteiger charge is -2.21. The Morgan fingerprint density at radius 2 is 2.15 bits per heavy atom. The summed E-state index contributed by atoms with van der Waals surface area (Å²) in [6.45, 7) is 3.24. The number of carboxylic acid groups (broad SMARTS) is 1. The molecule has 0 spiro atoms. The summed E-state index contributed by atoms with van der Waals surface area (Å²) < 4.78 is 5.73. The van der Waals surface area contributed by atoms with Crippen LogP contribution in [0.25, 0.3) is 0 Å². The molecule has 0 aliphatic heterocycles. The molecule has 110 valence electrons. The van der Waals surface area contributed by atoms with Crippen LogP contribution in [0, 0.1) is 3.57 Å². The normalized spacial score (nSPS) is 10.2. The minimum Gasteiger partial charge on any atom is -0.478 e. The van der Waals surface area contributed by atoms with Gasteiger partial charge in [-0.15, -0.1) is 0 Å². The Bertz CT molecular complexity index is 493. The van der Waals surface area contributed by atoms with Crippen molar-refractivity contribution >= 4 is 40.3 Å². The van der Waals surface area contributed by atoms with Crippen molar-refractivity contribution in [2.45, 2.75) is 6.92 Å². The average molecular weight is 392 g/mol. The third-order valence-corrected chi connectivity index (χ3v) is 3.36. The molecule has 20 heavy (non-hydrogen) atoms. The lowest BCUT2D eigenvalue weighted by atomic mass is 10.2. The quantitative estimate of drug-likeness (QED) is 0.730. The molecule has 0 radical (unpaired) electrons. The van der Waals surface area contributed by atoms with Crippen molar-refractivity contribution in [2.24, 2.45) is 0 Å². The maximum atomic E-state index is 12.1. The molecular formula is C13H17IN2O4. The fraction of sp³-hybridized carbons (Fsp3) is 0.385. The standard InChI is InChI=1S/C13H17IN2O4/c1-3-16(6-7-20-2)13(19)15-11-5-4-9(14)8-10(11)12(17)18/h4-5,8H,3,6-7H2,1-2H3,(H,15,19)(H,17,18). The average Bonchev–Trinajstić information content (AvgIpc) is 2.41. The van der Waals surface area contributed by atoms with Gasteiger partial charge in [-0.1, -0.05) is 0 Å². The van der Waals surface area contributed by atoms with E-state index >= 15 is 0 Å². The minimum atomic E-state index is -1.07. The number of nitrogens with one attached hydrogen (secondary N) is 1. The first-order valence-electron chi connectivity index (χ1n) is 6.07. The van der Waals surface area contributed by atoms with Crippen LogP contribution in [0.1, 0.15) is 17.3 Å². The van der Waals surface area contributed by atoms with Gasteiger partial charge in [0.25, 0.3) is 0 Å². The fourth-order valence-electron chi connectivity index (χ4n) is 1.60. The van der Waals surface area contributed by atoms with Gasteiger partial charge in [0.15, 0.2) is 0 Å². The molecule has 0 aliphatic carbocycles.